The molecule has 0 saturated heterocycles. The molecule has 0 fully saturated rings. The maximum atomic E-state index is 12.1. The summed E-state index contributed by atoms with van der Waals surface area (Å²) in [6.07, 6.45) is 5.07. The van der Waals surface area contributed by atoms with E-state index in [0.29, 0.717) is 25.1 Å². The highest BCUT2D eigenvalue weighted by Crippen LogP contribution is 2.07. The van der Waals surface area contributed by atoms with E-state index in [-0.39, 0.29) is 5.91 Å². The van der Waals surface area contributed by atoms with E-state index in [0.717, 1.165) is 24.4 Å². The zero-order valence-electron chi connectivity index (χ0n) is 12.5. The zero-order chi connectivity index (χ0) is 15.2. The van der Waals surface area contributed by atoms with Crippen LogP contribution in [0.3, 0.4) is 0 Å². The van der Waals surface area contributed by atoms with E-state index in [2.05, 4.69) is 15.5 Å². The number of nitrogens with zero attached hydrogens (tertiary/aromatic N) is 4. The van der Waals surface area contributed by atoms with Crippen LogP contribution in [-0.2, 0) is 20.0 Å². The summed E-state index contributed by atoms with van der Waals surface area (Å²) in [5, 5.41) is 11.4. The summed E-state index contributed by atoms with van der Waals surface area (Å²) in [4.78, 5) is 12.1. The minimum absolute atomic E-state index is 0.0950. The van der Waals surface area contributed by atoms with Crippen LogP contribution in [0, 0.1) is 6.92 Å². The predicted molar refractivity (Wildman–Crippen MR) is 79.9 cm³/mol. The largest absolute Gasteiger partial charge is 0.352 e. The van der Waals surface area contributed by atoms with Gasteiger partial charge in [0.2, 0.25) is 0 Å². The van der Waals surface area contributed by atoms with Gasteiger partial charge in [-0.2, -0.15) is 10.2 Å². The second-order valence-corrected chi connectivity index (χ2v) is 5.00. The van der Waals surface area contributed by atoms with E-state index in [1.165, 1.54) is 0 Å². The molecule has 1 amide bonds. The summed E-state index contributed by atoms with van der Waals surface area (Å²) in [6, 6.07) is 1.95. The molecule has 7 heteroatoms. The first-order chi connectivity index (χ1) is 10.1. The van der Waals surface area contributed by atoms with Crippen molar-refractivity contribution in [3.63, 3.8) is 0 Å². The summed E-state index contributed by atoms with van der Waals surface area (Å²) in [6.45, 7) is 3.81. The lowest BCUT2D eigenvalue weighted by Gasteiger charge is -2.05. The van der Waals surface area contributed by atoms with Crippen molar-refractivity contribution in [2.24, 2.45) is 12.8 Å². The smallest absolute Gasteiger partial charge is 0.254 e. The third-order valence-electron chi connectivity index (χ3n) is 3.36. The molecular formula is C14H22N6O. The molecule has 3 N–H and O–H groups in total. The summed E-state index contributed by atoms with van der Waals surface area (Å²) < 4.78 is 3.57. The SMILES string of the molecule is Cc1c(C(=O)NCCc2ccn(C)n2)cnn1CCCN. The molecule has 0 saturated carbocycles. The Morgan fingerprint density at radius 1 is 1.48 bits per heavy atom. The van der Waals surface area contributed by atoms with E-state index in [1.807, 2.05) is 30.9 Å². The normalized spacial score (nSPS) is 10.8. The molecule has 0 unspecified atom stereocenters. The summed E-state index contributed by atoms with van der Waals surface area (Å²) in [7, 11) is 1.88. The third-order valence-corrected chi connectivity index (χ3v) is 3.36. The monoisotopic (exact) mass is 290 g/mol. The number of nitrogens with one attached hydrogen (secondary N) is 1. The standard InChI is InChI=1S/C14H22N6O/c1-11-13(10-17-20(11)8-3-6-15)14(21)16-7-4-12-5-9-19(2)18-12/h5,9-10H,3-4,6-8,15H2,1-2H3,(H,16,21). The number of nitrogens with two attached hydrogens (primary N) is 1. The van der Waals surface area contributed by atoms with Gasteiger partial charge in [0.25, 0.3) is 5.91 Å². The summed E-state index contributed by atoms with van der Waals surface area (Å²) >= 11 is 0. The van der Waals surface area contributed by atoms with Crippen LogP contribution in [0.2, 0.25) is 0 Å². The maximum absolute atomic E-state index is 12.1. The Kier molecular flexibility index (Phi) is 5.10. The van der Waals surface area contributed by atoms with Crippen molar-refractivity contribution in [3.05, 3.63) is 35.4 Å². The minimum Gasteiger partial charge on any atom is -0.352 e. The Morgan fingerprint density at radius 3 is 2.95 bits per heavy atom. The van der Waals surface area contributed by atoms with Gasteiger partial charge in [0.15, 0.2) is 0 Å². The van der Waals surface area contributed by atoms with Gasteiger partial charge in [0.1, 0.15) is 0 Å². The number of carbonyl (C=O) groups excluding carboxylic acids is 1. The summed E-state index contributed by atoms with van der Waals surface area (Å²) in [5.41, 5.74) is 7.95. The number of aryl methyl sites for hydroxylation is 2. The van der Waals surface area contributed by atoms with Crippen LogP contribution < -0.4 is 11.1 Å². The van der Waals surface area contributed by atoms with Gasteiger partial charge in [-0.3, -0.25) is 14.2 Å². The molecular weight excluding hydrogens is 268 g/mol. The highest BCUT2D eigenvalue weighted by atomic mass is 16.1. The van der Waals surface area contributed by atoms with Crippen molar-refractivity contribution < 1.29 is 4.79 Å². The Balaban J connectivity index is 1.87. The number of amides is 1. The molecule has 21 heavy (non-hydrogen) atoms. The number of carbonyl (C=O) groups is 1. The zero-order valence-corrected chi connectivity index (χ0v) is 12.5. The first-order valence-electron chi connectivity index (χ1n) is 7.11. The van der Waals surface area contributed by atoms with Crippen LogP contribution in [0.4, 0.5) is 0 Å². The van der Waals surface area contributed by atoms with E-state index in [9.17, 15) is 4.79 Å². The lowest BCUT2D eigenvalue weighted by atomic mass is 10.2. The van der Waals surface area contributed by atoms with Crippen LogP contribution in [0.15, 0.2) is 18.5 Å². The van der Waals surface area contributed by atoms with Gasteiger partial charge in [0, 0.05) is 38.4 Å². The number of hydrogen-bond donors (Lipinski definition) is 2. The quantitative estimate of drug-likeness (QED) is 0.764. The summed E-state index contributed by atoms with van der Waals surface area (Å²) in [5.74, 6) is -0.0950. The Morgan fingerprint density at radius 2 is 2.29 bits per heavy atom. The topological polar surface area (TPSA) is 90.8 Å². The maximum Gasteiger partial charge on any atom is 0.254 e. The van der Waals surface area contributed by atoms with Gasteiger partial charge < -0.3 is 11.1 Å². The highest BCUT2D eigenvalue weighted by Gasteiger charge is 2.13. The highest BCUT2D eigenvalue weighted by molar-refractivity contribution is 5.95. The second kappa shape index (κ2) is 7.03. The Hall–Kier alpha value is -2.15. The van der Waals surface area contributed by atoms with Gasteiger partial charge in [-0.05, 0) is 26.0 Å². The molecule has 2 heterocycles. The molecule has 0 aliphatic heterocycles. The van der Waals surface area contributed by atoms with Crippen LogP contribution in [0.5, 0.6) is 0 Å². The Labute approximate surface area is 124 Å². The molecule has 2 aromatic rings. The predicted octanol–water partition coefficient (Wildman–Crippen LogP) is 0.246. The van der Waals surface area contributed by atoms with Gasteiger partial charge in [-0.1, -0.05) is 0 Å². The number of rotatable bonds is 7. The van der Waals surface area contributed by atoms with Crippen molar-refractivity contribution in [2.45, 2.75) is 26.3 Å². The van der Waals surface area contributed by atoms with Gasteiger partial charge >= 0.3 is 0 Å². The van der Waals surface area contributed by atoms with Crippen molar-refractivity contribution in [2.75, 3.05) is 13.1 Å². The third kappa shape index (κ3) is 3.91. The molecule has 2 aromatic heterocycles. The molecule has 0 radical (unpaired) electrons. The van der Waals surface area contributed by atoms with Crippen molar-refractivity contribution in [1.82, 2.24) is 24.9 Å². The average Bonchev–Trinajstić information content (AvgIpc) is 3.03. The van der Waals surface area contributed by atoms with E-state index < -0.39 is 0 Å². The lowest BCUT2D eigenvalue weighted by Crippen LogP contribution is -2.26. The van der Waals surface area contributed by atoms with Crippen molar-refractivity contribution in [1.29, 1.82) is 0 Å². The van der Waals surface area contributed by atoms with Gasteiger partial charge in [-0.25, -0.2) is 0 Å². The lowest BCUT2D eigenvalue weighted by molar-refractivity contribution is 0.0953. The van der Waals surface area contributed by atoms with E-state index in [1.54, 1.807) is 10.9 Å². The Bertz CT molecular complexity index is 600. The van der Waals surface area contributed by atoms with Crippen molar-refractivity contribution >= 4 is 5.91 Å². The van der Waals surface area contributed by atoms with Gasteiger partial charge in [0.05, 0.1) is 17.5 Å². The first-order valence-corrected chi connectivity index (χ1v) is 7.11. The number of hydrogen-bond acceptors (Lipinski definition) is 4. The van der Waals surface area contributed by atoms with Gasteiger partial charge in [-0.15, -0.1) is 0 Å². The fourth-order valence-electron chi connectivity index (χ4n) is 2.13. The van der Waals surface area contributed by atoms with Crippen molar-refractivity contribution in [3.8, 4) is 0 Å². The molecule has 0 aliphatic rings. The van der Waals surface area contributed by atoms with E-state index >= 15 is 0 Å². The molecule has 0 atom stereocenters. The average molecular weight is 290 g/mol. The van der Waals surface area contributed by atoms with Crippen LogP contribution in [0.1, 0.15) is 28.2 Å². The fraction of sp³-hybridized carbons (Fsp3) is 0.500. The van der Waals surface area contributed by atoms with Crippen LogP contribution in [-0.4, -0.2) is 38.6 Å². The molecule has 7 nitrogen and oxygen atoms in total. The minimum atomic E-state index is -0.0950. The van der Waals surface area contributed by atoms with Crippen LogP contribution in [0.25, 0.3) is 0 Å². The first kappa shape index (κ1) is 15.2. The molecule has 0 aliphatic carbocycles. The second-order valence-electron chi connectivity index (χ2n) is 5.00. The fourth-order valence-corrected chi connectivity index (χ4v) is 2.13. The molecule has 0 aromatic carbocycles. The molecule has 0 spiro atoms. The molecule has 114 valence electrons. The molecule has 2 rings (SSSR count). The molecule has 0 bridgehead atoms. The van der Waals surface area contributed by atoms with E-state index in [4.69, 9.17) is 5.73 Å². The number of aromatic nitrogens is 4. The van der Waals surface area contributed by atoms with Crippen LogP contribution >= 0.6 is 0 Å².